The van der Waals surface area contributed by atoms with Gasteiger partial charge in [-0.2, -0.15) is 0 Å². The van der Waals surface area contributed by atoms with Gasteiger partial charge in [0.25, 0.3) is 0 Å². The third kappa shape index (κ3) is 2.82. The molecule has 0 radical (unpaired) electrons. The van der Waals surface area contributed by atoms with Crippen LogP contribution in [0.1, 0.15) is 0 Å². The number of para-hydroxylation sites is 1. The number of rotatable bonds is 2. The number of carbonyl (C=O) groups is 1. The number of nitrogens with zero attached hydrogens (tertiary/aromatic N) is 1. The largest absolute Gasteiger partial charge is 0.288 e. The fourth-order valence-corrected chi connectivity index (χ4v) is 1.97. The standard InChI is InChI=1S/C13H9Cl2NO2/c14-10-6-9(13(17)12(15)7-10)8-16(18)11-4-2-1-3-5-11/h1-8,18H/b9-8-. The van der Waals surface area contributed by atoms with E-state index in [0.29, 0.717) is 10.7 Å². The summed E-state index contributed by atoms with van der Waals surface area (Å²) in [6, 6.07) is 8.78. The zero-order chi connectivity index (χ0) is 13.1. The molecular formula is C13H9Cl2NO2. The quantitative estimate of drug-likeness (QED) is 0.665. The van der Waals surface area contributed by atoms with Crippen LogP contribution in [-0.4, -0.2) is 11.0 Å². The van der Waals surface area contributed by atoms with Gasteiger partial charge in [-0.3, -0.25) is 10.0 Å². The summed E-state index contributed by atoms with van der Waals surface area (Å²) < 4.78 is 0. The molecule has 0 amide bonds. The van der Waals surface area contributed by atoms with Gasteiger partial charge >= 0.3 is 0 Å². The van der Waals surface area contributed by atoms with E-state index in [1.54, 1.807) is 24.3 Å². The summed E-state index contributed by atoms with van der Waals surface area (Å²) in [6.07, 6.45) is 4.09. The van der Waals surface area contributed by atoms with E-state index in [0.717, 1.165) is 5.06 Å². The molecule has 18 heavy (non-hydrogen) atoms. The molecule has 0 saturated heterocycles. The molecule has 0 saturated carbocycles. The van der Waals surface area contributed by atoms with Crippen molar-refractivity contribution < 1.29 is 10.0 Å². The molecule has 1 aromatic carbocycles. The number of hydrogen-bond donors (Lipinski definition) is 1. The SMILES string of the molecule is O=C1C(Cl)=CC(Cl)=C/C1=C/N(O)c1ccccc1. The Bertz CT molecular complexity index is 562. The van der Waals surface area contributed by atoms with Gasteiger partial charge in [-0.05, 0) is 24.3 Å². The number of benzene rings is 1. The fourth-order valence-electron chi connectivity index (χ4n) is 1.46. The molecule has 1 aliphatic carbocycles. The predicted molar refractivity (Wildman–Crippen MR) is 71.7 cm³/mol. The molecule has 0 unspecified atom stereocenters. The molecule has 0 aromatic heterocycles. The van der Waals surface area contributed by atoms with Crippen LogP contribution in [0.25, 0.3) is 0 Å². The molecule has 0 bridgehead atoms. The molecule has 92 valence electrons. The van der Waals surface area contributed by atoms with Crippen LogP contribution < -0.4 is 5.06 Å². The number of ketones is 1. The average Bonchev–Trinajstić information content (AvgIpc) is 2.36. The number of halogens is 2. The number of hydroxylamine groups is 1. The summed E-state index contributed by atoms with van der Waals surface area (Å²) in [5, 5.41) is 11.0. The first-order valence-electron chi connectivity index (χ1n) is 5.12. The van der Waals surface area contributed by atoms with E-state index in [9.17, 15) is 10.0 Å². The van der Waals surface area contributed by atoms with Crippen molar-refractivity contribution >= 4 is 34.7 Å². The number of allylic oxidation sites excluding steroid dienone is 5. The summed E-state index contributed by atoms with van der Waals surface area (Å²) in [5.74, 6) is -0.379. The molecular weight excluding hydrogens is 273 g/mol. The molecule has 1 aliphatic rings. The van der Waals surface area contributed by atoms with Gasteiger partial charge in [-0.1, -0.05) is 41.4 Å². The van der Waals surface area contributed by atoms with Crippen molar-refractivity contribution in [1.29, 1.82) is 0 Å². The van der Waals surface area contributed by atoms with Gasteiger partial charge < -0.3 is 0 Å². The van der Waals surface area contributed by atoms with Gasteiger partial charge in [0, 0.05) is 16.8 Å². The minimum atomic E-state index is -0.379. The summed E-state index contributed by atoms with van der Waals surface area (Å²) in [4.78, 5) is 11.7. The molecule has 0 atom stereocenters. The second kappa shape index (κ2) is 5.40. The van der Waals surface area contributed by atoms with Crippen LogP contribution in [0.2, 0.25) is 0 Å². The predicted octanol–water partition coefficient (Wildman–Crippen LogP) is 3.59. The normalized spacial score (nSPS) is 17.5. The van der Waals surface area contributed by atoms with Crippen LogP contribution in [0.3, 0.4) is 0 Å². The maximum Gasteiger partial charge on any atom is 0.206 e. The Hall–Kier alpha value is -1.55. The number of anilines is 1. The Morgan fingerprint density at radius 3 is 2.44 bits per heavy atom. The Morgan fingerprint density at radius 1 is 1.11 bits per heavy atom. The zero-order valence-electron chi connectivity index (χ0n) is 9.18. The number of hydrogen-bond acceptors (Lipinski definition) is 3. The smallest absolute Gasteiger partial charge is 0.206 e. The molecule has 3 nitrogen and oxygen atoms in total. The summed E-state index contributed by atoms with van der Waals surface area (Å²) in [6.45, 7) is 0. The summed E-state index contributed by atoms with van der Waals surface area (Å²) in [5.41, 5.74) is 0.756. The monoisotopic (exact) mass is 281 g/mol. The zero-order valence-corrected chi connectivity index (χ0v) is 10.7. The van der Waals surface area contributed by atoms with Crippen molar-refractivity contribution in [1.82, 2.24) is 0 Å². The van der Waals surface area contributed by atoms with E-state index in [2.05, 4.69) is 0 Å². The molecule has 0 spiro atoms. The van der Waals surface area contributed by atoms with Crippen molar-refractivity contribution in [2.45, 2.75) is 0 Å². The van der Waals surface area contributed by atoms with Gasteiger partial charge in [0.1, 0.15) is 0 Å². The van der Waals surface area contributed by atoms with Crippen molar-refractivity contribution in [3.05, 3.63) is 64.3 Å². The highest BCUT2D eigenvalue weighted by Gasteiger charge is 2.18. The van der Waals surface area contributed by atoms with E-state index in [1.807, 2.05) is 6.07 Å². The number of Topliss-reactive ketones (excluding diaryl/α,β-unsaturated/α-hetero) is 1. The molecule has 2 rings (SSSR count). The van der Waals surface area contributed by atoms with E-state index in [1.165, 1.54) is 18.4 Å². The minimum Gasteiger partial charge on any atom is -0.288 e. The van der Waals surface area contributed by atoms with E-state index in [4.69, 9.17) is 23.2 Å². The Morgan fingerprint density at radius 2 is 1.78 bits per heavy atom. The first-order chi connectivity index (χ1) is 8.58. The van der Waals surface area contributed by atoms with Crippen molar-refractivity contribution in [3.63, 3.8) is 0 Å². The Labute approximate surface area is 114 Å². The Balaban J connectivity index is 2.29. The minimum absolute atomic E-state index is 0.0233. The van der Waals surface area contributed by atoms with E-state index in [-0.39, 0.29) is 16.4 Å². The van der Waals surface area contributed by atoms with Gasteiger partial charge in [0.15, 0.2) is 0 Å². The van der Waals surface area contributed by atoms with Crippen molar-refractivity contribution in [2.75, 3.05) is 5.06 Å². The van der Waals surface area contributed by atoms with Gasteiger partial charge in [-0.25, -0.2) is 5.06 Å². The van der Waals surface area contributed by atoms with E-state index >= 15 is 0 Å². The summed E-state index contributed by atoms with van der Waals surface area (Å²) >= 11 is 11.5. The first-order valence-corrected chi connectivity index (χ1v) is 5.87. The Kier molecular flexibility index (Phi) is 3.87. The average molecular weight is 282 g/mol. The van der Waals surface area contributed by atoms with Gasteiger partial charge in [-0.15, -0.1) is 0 Å². The molecule has 1 aromatic rings. The lowest BCUT2D eigenvalue weighted by atomic mass is 10.1. The van der Waals surface area contributed by atoms with Crippen LogP contribution >= 0.6 is 23.2 Å². The molecule has 0 heterocycles. The lowest BCUT2D eigenvalue weighted by Crippen LogP contribution is -2.14. The van der Waals surface area contributed by atoms with E-state index < -0.39 is 0 Å². The lowest BCUT2D eigenvalue weighted by Gasteiger charge is -2.14. The maximum absolute atomic E-state index is 11.7. The fraction of sp³-hybridized carbons (Fsp3) is 0. The maximum atomic E-state index is 11.7. The van der Waals surface area contributed by atoms with Gasteiger partial charge in [0.2, 0.25) is 5.78 Å². The van der Waals surface area contributed by atoms with Crippen LogP contribution in [-0.2, 0) is 4.79 Å². The second-order valence-electron chi connectivity index (χ2n) is 3.62. The molecule has 5 heteroatoms. The molecule has 0 aliphatic heterocycles. The van der Waals surface area contributed by atoms with Crippen LogP contribution in [0, 0.1) is 0 Å². The van der Waals surface area contributed by atoms with Gasteiger partial charge in [0.05, 0.1) is 10.7 Å². The van der Waals surface area contributed by atoms with Crippen molar-refractivity contribution in [2.24, 2.45) is 0 Å². The molecule has 0 fully saturated rings. The van der Waals surface area contributed by atoms with Crippen LogP contribution in [0.5, 0.6) is 0 Å². The second-order valence-corrected chi connectivity index (χ2v) is 4.46. The first kappa shape index (κ1) is 12.9. The number of carbonyl (C=O) groups excluding carboxylic acids is 1. The highest BCUT2D eigenvalue weighted by molar-refractivity contribution is 6.48. The third-order valence-electron chi connectivity index (χ3n) is 2.32. The van der Waals surface area contributed by atoms with Crippen LogP contribution in [0.4, 0.5) is 5.69 Å². The van der Waals surface area contributed by atoms with Crippen LogP contribution in [0.15, 0.2) is 64.3 Å². The van der Waals surface area contributed by atoms with Crippen molar-refractivity contribution in [3.8, 4) is 0 Å². The highest BCUT2D eigenvalue weighted by atomic mass is 35.5. The third-order valence-corrected chi connectivity index (χ3v) is 2.82. The highest BCUT2D eigenvalue weighted by Crippen LogP contribution is 2.24. The lowest BCUT2D eigenvalue weighted by molar-refractivity contribution is -0.111. The molecule has 1 N–H and O–H groups in total. The summed E-state index contributed by atoms with van der Waals surface area (Å²) in [7, 11) is 0. The topological polar surface area (TPSA) is 40.5 Å².